The third-order valence-electron chi connectivity index (χ3n) is 4.97. The van der Waals surface area contributed by atoms with E-state index in [1.165, 1.54) is 12.0 Å². The third-order valence-corrected chi connectivity index (χ3v) is 4.97. The van der Waals surface area contributed by atoms with Crippen molar-refractivity contribution in [3.8, 4) is 0 Å². The van der Waals surface area contributed by atoms with Crippen LogP contribution in [0.4, 0.5) is 0 Å². The van der Waals surface area contributed by atoms with Crippen LogP contribution in [0, 0.1) is 5.92 Å². The molecule has 0 amide bonds. The summed E-state index contributed by atoms with van der Waals surface area (Å²) in [7, 11) is 0. The monoisotopic (exact) mass is 257 g/mol. The molecule has 0 radical (unpaired) electrons. The van der Waals surface area contributed by atoms with Gasteiger partial charge in [-0.05, 0) is 26.7 Å². The maximum atomic E-state index is 11.2. The lowest BCUT2D eigenvalue weighted by Crippen LogP contribution is -2.66. The van der Waals surface area contributed by atoms with Gasteiger partial charge in [0, 0.05) is 30.3 Å². The zero-order valence-electron chi connectivity index (χ0n) is 12.5. The second-order valence-corrected chi connectivity index (χ2v) is 6.01. The van der Waals surface area contributed by atoms with Crippen LogP contribution in [-0.4, -0.2) is 33.4 Å². The summed E-state index contributed by atoms with van der Waals surface area (Å²) >= 11 is 0. The van der Waals surface area contributed by atoms with Crippen LogP contribution in [0.25, 0.3) is 0 Å². The summed E-state index contributed by atoms with van der Waals surface area (Å²) in [4.78, 5) is 11.2. The molecule has 4 heteroatoms. The van der Waals surface area contributed by atoms with E-state index in [9.17, 15) is 10.0 Å². The summed E-state index contributed by atoms with van der Waals surface area (Å²) < 4.78 is 5.47. The van der Waals surface area contributed by atoms with Crippen molar-refractivity contribution in [3.05, 3.63) is 0 Å². The van der Waals surface area contributed by atoms with Crippen molar-refractivity contribution in [1.82, 2.24) is 5.06 Å². The number of hydrogen-bond acceptors (Lipinski definition) is 4. The summed E-state index contributed by atoms with van der Waals surface area (Å²) in [6, 6.07) is 0. The minimum Gasteiger partial charge on any atom is -0.462 e. The van der Waals surface area contributed by atoms with E-state index in [0.717, 1.165) is 12.8 Å². The second kappa shape index (κ2) is 5.17. The van der Waals surface area contributed by atoms with Crippen molar-refractivity contribution < 1.29 is 14.7 Å². The van der Waals surface area contributed by atoms with Gasteiger partial charge in [0.05, 0.1) is 0 Å². The van der Waals surface area contributed by atoms with E-state index < -0.39 is 0 Å². The molecule has 1 heterocycles. The molecule has 4 atom stereocenters. The molecule has 1 saturated heterocycles. The van der Waals surface area contributed by atoms with Gasteiger partial charge in [0.25, 0.3) is 0 Å². The largest absolute Gasteiger partial charge is 0.462 e. The first-order valence-corrected chi connectivity index (χ1v) is 6.87. The quantitative estimate of drug-likeness (QED) is 0.790. The third kappa shape index (κ3) is 2.41. The van der Waals surface area contributed by atoms with Crippen molar-refractivity contribution in [1.29, 1.82) is 0 Å². The molecule has 4 nitrogen and oxygen atoms in total. The fourth-order valence-electron chi connectivity index (χ4n) is 3.03. The Labute approximate surface area is 110 Å². The molecule has 0 spiro atoms. The number of esters is 1. The highest BCUT2D eigenvalue weighted by Gasteiger charge is 2.53. The van der Waals surface area contributed by atoms with Gasteiger partial charge in [0.2, 0.25) is 0 Å². The molecule has 0 bridgehead atoms. The first kappa shape index (κ1) is 15.4. The summed E-state index contributed by atoms with van der Waals surface area (Å²) in [5.41, 5.74) is -0.694. The Morgan fingerprint density at radius 1 is 1.39 bits per heavy atom. The number of rotatable bonds is 3. The first-order valence-electron chi connectivity index (χ1n) is 6.87. The molecule has 0 aliphatic carbocycles. The van der Waals surface area contributed by atoms with Gasteiger partial charge in [0.15, 0.2) is 0 Å². The number of ether oxygens (including phenoxy) is 1. The maximum absolute atomic E-state index is 11.2. The van der Waals surface area contributed by atoms with Crippen LogP contribution in [-0.2, 0) is 9.53 Å². The second-order valence-electron chi connectivity index (χ2n) is 6.01. The van der Waals surface area contributed by atoms with Gasteiger partial charge in [-0.1, -0.05) is 20.8 Å². The summed E-state index contributed by atoms with van der Waals surface area (Å²) in [5, 5.41) is 12.1. The molecule has 1 fully saturated rings. The summed E-state index contributed by atoms with van der Waals surface area (Å²) in [6.45, 7) is 11.7. The summed E-state index contributed by atoms with van der Waals surface area (Å²) in [6.07, 6.45) is 2.19. The normalized spacial score (nSPS) is 41.7. The minimum absolute atomic E-state index is 0.107. The predicted molar refractivity (Wildman–Crippen MR) is 70.4 cm³/mol. The Morgan fingerprint density at radius 2 is 1.94 bits per heavy atom. The highest BCUT2D eigenvalue weighted by Crippen LogP contribution is 2.45. The number of carbonyl (C=O) groups is 1. The van der Waals surface area contributed by atoms with Crippen molar-refractivity contribution in [3.63, 3.8) is 0 Å². The van der Waals surface area contributed by atoms with Crippen LogP contribution in [0.15, 0.2) is 0 Å². The molecular weight excluding hydrogens is 230 g/mol. The zero-order chi connectivity index (χ0) is 14.1. The lowest BCUT2D eigenvalue weighted by molar-refractivity contribution is -0.288. The first-order chi connectivity index (χ1) is 8.21. The topological polar surface area (TPSA) is 49.8 Å². The molecule has 1 rings (SSSR count). The average Bonchev–Trinajstić information content (AvgIpc) is 2.33. The van der Waals surface area contributed by atoms with Crippen molar-refractivity contribution >= 4 is 5.97 Å². The van der Waals surface area contributed by atoms with Gasteiger partial charge in [-0.25, -0.2) is 0 Å². The van der Waals surface area contributed by atoms with E-state index in [-0.39, 0.29) is 29.1 Å². The van der Waals surface area contributed by atoms with Crippen LogP contribution in [0.5, 0.6) is 0 Å². The predicted octanol–water partition coefficient (Wildman–Crippen LogP) is 2.99. The maximum Gasteiger partial charge on any atom is 0.302 e. The van der Waals surface area contributed by atoms with E-state index in [1.54, 1.807) is 0 Å². The van der Waals surface area contributed by atoms with Gasteiger partial charge in [-0.3, -0.25) is 4.79 Å². The molecule has 0 aromatic carbocycles. The standard InChI is InChI=1S/C14H27NO3/c1-7-13(5)9-12(18-11(4)16)10(3)14(6,8-2)15(13)17/h10,12,17H,7-9H2,1-6H3. The number of piperidine rings is 1. The van der Waals surface area contributed by atoms with Crippen LogP contribution < -0.4 is 0 Å². The van der Waals surface area contributed by atoms with Crippen molar-refractivity contribution in [2.45, 2.75) is 78.0 Å². The van der Waals surface area contributed by atoms with Gasteiger partial charge in [-0.15, -0.1) is 0 Å². The van der Waals surface area contributed by atoms with Crippen molar-refractivity contribution in [2.75, 3.05) is 0 Å². The van der Waals surface area contributed by atoms with Gasteiger partial charge >= 0.3 is 5.97 Å². The molecule has 0 aromatic heterocycles. The number of hydroxylamine groups is 2. The van der Waals surface area contributed by atoms with E-state index in [0.29, 0.717) is 6.42 Å². The molecule has 0 aromatic rings. The molecule has 0 saturated carbocycles. The fraction of sp³-hybridized carbons (Fsp3) is 0.929. The smallest absolute Gasteiger partial charge is 0.302 e. The SMILES string of the molecule is CCC1(C)CC(OC(C)=O)C(C)C(C)(CC)N1O. The van der Waals surface area contributed by atoms with Crippen molar-refractivity contribution in [2.24, 2.45) is 5.92 Å². The lowest BCUT2D eigenvalue weighted by Gasteiger charge is -2.56. The van der Waals surface area contributed by atoms with Gasteiger partial charge in [-0.2, -0.15) is 5.06 Å². The van der Waals surface area contributed by atoms with E-state index in [1.807, 2.05) is 13.8 Å². The van der Waals surface area contributed by atoms with E-state index >= 15 is 0 Å². The molecule has 1 N–H and O–H groups in total. The molecule has 4 unspecified atom stereocenters. The lowest BCUT2D eigenvalue weighted by atomic mass is 9.69. The average molecular weight is 257 g/mol. The number of nitrogens with zero attached hydrogens (tertiary/aromatic N) is 1. The van der Waals surface area contributed by atoms with Crippen LogP contribution in [0.2, 0.25) is 0 Å². The summed E-state index contributed by atoms with van der Waals surface area (Å²) in [5.74, 6) is -0.133. The van der Waals surface area contributed by atoms with Gasteiger partial charge in [0.1, 0.15) is 6.10 Å². The highest BCUT2D eigenvalue weighted by molar-refractivity contribution is 5.66. The minimum atomic E-state index is -0.358. The molecule has 106 valence electrons. The van der Waals surface area contributed by atoms with Crippen LogP contribution >= 0.6 is 0 Å². The Balaban J connectivity index is 3.09. The number of carbonyl (C=O) groups excluding carboxylic acids is 1. The Morgan fingerprint density at radius 3 is 2.33 bits per heavy atom. The molecule has 18 heavy (non-hydrogen) atoms. The fourth-order valence-corrected chi connectivity index (χ4v) is 3.03. The zero-order valence-corrected chi connectivity index (χ0v) is 12.5. The van der Waals surface area contributed by atoms with Crippen LogP contribution in [0.3, 0.4) is 0 Å². The molecular formula is C14H27NO3. The van der Waals surface area contributed by atoms with E-state index in [4.69, 9.17) is 4.74 Å². The molecule has 1 aliphatic rings. The Hall–Kier alpha value is -0.610. The van der Waals surface area contributed by atoms with Crippen LogP contribution in [0.1, 0.15) is 60.8 Å². The Bertz CT molecular complexity index is 320. The molecule has 1 aliphatic heterocycles. The highest BCUT2D eigenvalue weighted by atomic mass is 16.5. The number of hydrogen-bond donors (Lipinski definition) is 1. The Kier molecular flexibility index (Phi) is 4.44. The van der Waals surface area contributed by atoms with E-state index in [2.05, 4.69) is 20.8 Å². The van der Waals surface area contributed by atoms with Gasteiger partial charge < -0.3 is 9.94 Å².